The van der Waals surface area contributed by atoms with Gasteiger partial charge in [-0.25, -0.2) is 22.0 Å². The summed E-state index contributed by atoms with van der Waals surface area (Å²) in [7, 11) is -2.23. The molecule has 3 aliphatic rings. The summed E-state index contributed by atoms with van der Waals surface area (Å²) in [6.45, 7) is 1.33. The lowest BCUT2D eigenvalue weighted by Crippen LogP contribution is -2.57. The smallest absolute Gasteiger partial charge is 0.407 e. The second kappa shape index (κ2) is 14.3. The Morgan fingerprint density at radius 3 is 2.64 bits per heavy atom. The van der Waals surface area contributed by atoms with Crippen molar-refractivity contribution in [2.24, 2.45) is 0 Å². The number of nitrogens with one attached hydrogen (secondary N) is 3. The zero-order chi connectivity index (χ0) is 31.3. The zero-order valence-electron chi connectivity index (χ0n) is 24.8. The quantitative estimate of drug-likeness (QED) is 0.384. The van der Waals surface area contributed by atoms with Crippen LogP contribution in [0, 0.1) is 11.6 Å². The molecule has 3 fully saturated rings. The van der Waals surface area contributed by atoms with Gasteiger partial charge in [-0.15, -0.1) is 0 Å². The molecule has 0 spiro atoms. The van der Waals surface area contributed by atoms with Crippen LogP contribution in [0.4, 0.5) is 19.3 Å². The van der Waals surface area contributed by atoms with Crippen molar-refractivity contribution in [1.29, 1.82) is 0 Å². The second-order valence-electron chi connectivity index (χ2n) is 11.7. The van der Waals surface area contributed by atoms with Gasteiger partial charge < -0.3 is 25.4 Å². The number of benzene rings is 2. The minimum atomic E-state index is -3.42. The van der Waals surface area contributed by atoms with Crippen LogP contribution in [-0.2, 0) is 30.7 Å². The van der Waals surface area contributed by atoms with Crippen molar-refractivity contribution < 1.29 is 36.3 Å². The number of alkyl carbamates (subject to hydrolysis) is 1. The van der Waals surface area contributed by atoms with Gasteiger partial charge in [-0.1, -0.05) is 18.2 Å². The van der Waals surface area contributed by atoms with Crippen molar-refractivity contribution in [3.63, 3.8) is 0 Å². The topological polar surface area (TPSA) is 126 Å². The fraction of sp³-hybridized carbons (Fsp3) is 0.548. The molecular formula is C31H40F2N4O6S. The number of sulfonamides is 1. The molecule has 0 saturated carbocycles. The van der Waals surface area contributed by atoms with Crippen LogP contribution in [0.5, 0.6) is 0 Å². The molecule has 6 unspecified atom stereocenters. The Bertz CT molecular complexity index is 1420. The van der Waals surface area contributed by atoms with E-state index in [1.165, 1.54) is 31.4 Å². The van der Waals surface area contributed by atoms with Crippen molar-refractivity contribution in [3.8, 4) is 0 Å². The number of hydrogen-bond acceptors (Lipinski definition) is 7. The largest absolute Gasteiger partial charge is 0.453 e. The van der Waals surface area contributed by atoms with Gasteiger partial charge in [0.15, 0.2) is 0 Å². The van der Waals surface area contributed by atoms with Crippen molar-refractivity contribution in [1.82, 2.24) is 14.9 Å². The van der Waals surface area contributed by atoms with E-state index in [0.717, 1.165) is 19.3 Å². The maximum Gasteiger partial charge on any atom is 0.407 e. The van der Waals surface area contributed by atoms with E-state index in [2.05, 4.69) is 16.0 Å². The highest BCUT2D eigenvalue weighted by Gasteiger charge is 2.40. The maximum absolute atomic E-state index is 15.3. The monoisotopic (exact) mass is 634 g/mol. The Labute approximate surface area is 256 Å². The lowest BCUT2D eigenvalue weighted by molar-refractivity contribution is -0.120. The number of anilines is 1. The summed E-state index contributed by atoms with van der Waals surface area (Å²) in [6, 6.07) is 8.60. The summed E-state index contributed by atoms with van der Waals surface area (Å²) < 4.78 is 67.4. The fourth-order valence-electron chi connectivity index (χ4n) is 6.56. The molecule has 10 nitrogen and oxygen atoms in total. The van der Waals surface area contributed by atoms with E-state index in [-0.39, 0.29) is 35.5 Å². The van der Waals surface area contributed by atoms with Crippen molar-refractivity contribution in [3.05, 3.63) is 65.2 Å². The Hall–Kier alpha value is -3.13. The summed E-state index contributed by atoms with van der Waals surface area (Å²) in [5, 5.41) is 8.86. The molecule has 3 heterocycles. The molecule has 0 aliphatic carbocycles. The lowest BCUT2D eigenvalue weighted by atomic mass is 9.82. The average Bonchev–Trinajstić information content (AvgIpc) is 3.13. The zero-order valence-corrected chi connectivity index (χ0v) is 25.6. The third-order valence-electron chi connectivity index (χ3n) is 8.84. The molecule has 240 valence electrons. The number of hydrogen-bond donors (Lipinski definition) is 3. The molecule has 2 amide bonds. The Kier molecular flexibility index (Phi) is 10.5. The van der Waals surface area contributed by atoms with E-state index in [0.29, 0.717) is 44.5 Å². The average molecular weight is 635 g/mol. The Morgan fingerprint density at radius 1 is 1.11 bits per heavy atom. The minimum absolute atomic E-state index is 0.0944. The highest BCUT2D eigenvalue weighted by atomic mass is 32.2. The van der Waals surface area contributed by atoms with Crippen LogP contribution >= 0.6 is 0 Å². The van der Waals surface area contributed by atoms with Crippen LogP contribution in [0.25, 0.3) is 0 Å². The number of rotatable bonds is 9. The van der Waals surface area contributed by atoms with Gasteiger partial charge in [-0.05, 0) is 74.8 Å². The molecule has 3 aliphatic heterocycles. The second-order valence-corrected chi connectivity index (χ2v) is 13.7. The molecule has 2 bridgehead atoms. The maximum atomic E-state index is 15.3. The summed E-state index contributed by atoms with van der Waals surface area (Å²) in [5.41, 5.74) is 1.05. The summed E-state index contributed by atoms with van der Waals surface area (Å²) >= 11 is 0. The van der Waals surface area contributed by atoms with E-state index >= 15 is 4.39 Å². The predicted molar refractivity (Wildman–Crippen MR) is 161 cm³/mol. The molecule has 13 heteroatoms. The highest BCUT2D eigenvalue weighted by molar-refractivity contribution is 7.89. The van der Waals surface area contributed by atoms with Crippen molar-refractivity contribution in [2.45, 2.75) is 75.1 Å². The number of methoxy groups -OCH3 is 1. The molecule has 0 aromatic heterocycles. The number of amides is 2. The standard InChI is InChI=1S/C31H40F2N4O6S/c1-42-31(39)36-29(28(27-9-2-3-16-43-27)20-10-12-21(32)13-11-20)30(38)35-26-8-4-7-25(33)24(26)15-14-23-18-34-22-6-5-17-44(40,41)37(23)19-22/h4,7-8,10-13,22-23,27-29,34H,2-3,5-6,9,14-19H2,1H3,(H,35,38)(H,36,39). The van der Waals surface area contributed by atoms with Crippen LogP contribution in [0.15, 0.2) is 42.5 Å². The molecule has 2 aromatic carbocycles. The van der Waals surface area contributed by atoms with E-state index in [4.69, 9.17) is 9.47 Å². The lowest BCUT2D eigenvalue weighted by Gasteiger charge is -2.37. The first-order valence-electron chi connectivity index (χ1n) is 15.2. The van der Waals surface area contributed by atoms with E-state index in [1.54, 1.807) is 22.5 Å². The number of nitrogens with zero attached hydrogens (tertiary/aromatic N) is 1. The number of ether oxygens (including phenoxy) is 2. The molecule has 5 rings (SSSR count). The van der Waals surface area contributed by atoms with Crippen LogP contribution in [0.3, 0.4) is 0 Å². The molecule has 0 radical (unpaired) electrons. The van der Waals surface area contributed by atoms with Gasteiger partial charge in [0.05, 0.1) is 19.0 Å². The van der Waals surface area contributed by atoms with Gasteiger partial charge in [0.2, 0.25) is 15.9 Å². The minimum Gasteiger partial charge on any atom is -0.453 e. The summed E-state index contributed by atoms with van der Waals surface area (Å²) in [4.78, 5) is 26.5. The number of carbonyl (C=O) groups excluding carboxylic acids is 2. The number of fused-ring (bicyclic) bond motifs is 2. The third kappa shape index (κ3) is 7.56. The summed E-state index contributed by atoms with van der Waals surface area (Å²) in [5.74, 6) is -2.20. The van der Waals surface area contributed by atoms with Gasteiger partial charge in [-0.2, -0.15) is 4.31 Å². The van der Waals surface area contributed by atoms with Crippen molar-refractivity contribution >= 4 is 27.7 Å². The normalized spacial score (nSPS) is 26.1. The van der Waals surface area contributed by atoms with Crippen LogP contribution in [0.1, 0.15) is 55.6 Å². The Morgan fingerprint density at radius 2 is 1.91 bits per heavy atom. The number of piperazine rings is 1. The third-order valence-corrected chi connectivity index (χ3v) is 10.8. The van der Waals surface area contributed by atoms with Crippen LogP contribution in [-0.4, -0.2) is 81.5 Å². The van der Waals surface area contributed by atoms with Gasteiger partial charge in [-0.3, -0.25) is 4.79 Å². The van der Waals surface area contributed by atoms with E-state index < -0.39 is 51.7 Å². The number of halogens is 2. The van der Waals surface area contributed by atoms with E-state index in [9.17, 15) is 22.4 Å². The Balaban J connectivity index is 1.40. The molecule has 2 aromatic rings. The van der Waals surface area contributed by atoms with Gasteiger partial charge in [0.1, 0.15) is 17.7 Å². The van der Waals surface area contributed by atoms with Crippen molar-refractivity contribution in [2.75, 3.05) is 37.9 Å². The first-order valence-corrected chi connectivity index (χ1v) is 16.8. The fourth-order valence-corrected chi connectivity index (χ4v) is 8.36. The van der Waals surface area contributed by atoms with Crippen LogP contribution in [0.2, 0.25) is 0 Å². The predicted octanol–water partition coefficient (Wildman–Crippen LogP) is 3.68. The first-order chi connectivity index (χ1) is 21.2. The molecule has 3 saturated heterocycles. The van der Waals surface area contributed by atoms with Gasteiger partial charge in [0, 0.05) is 48.9 Å². The van der Waals surface area contributed by atoms with E-state index in [1.807, 2.05) is 0 Å². The molecule has 44 heavy (non-hydrogen) atoms. The van der Waals surface area contributed by atoms with Crippen LogP contribution < -0.4 is 16.0 Å². The summed E-state index contributed by atoms with van der Waals surface area (Å²) in [6.07, 6.45) is 2.95. The molecule has 6 atom stereocenters. The molecular weight excluding hydrogens is 594 g/mol. The SMILES string of the molecule is COC(=O)NC(C(=O)Nc1cccc(F)c1CCC1CNC2CCCS(=O)(=O)N1C2)C(c1ccc(F)cc1)C1CCCCO1. The highest BCUT2D eigenvalue weighted by Crippen LogP contribution is 2.33. The molecule has 3 N–H and O–H groups in total. The van der Waals surface area contributed by atoms with Gasteiger partial charge >= 0.3 is 6.09 Å². The van der Waals surface area contributed by atoms with Gasteiger partial charge in [0.25, 0.3) is 0 Å². The first kappa shape index (κ1) is 32.3. The number of carbonyl (C=O) groups is 2.